The monoisotopic (exact) mass is 404 g/mol. The maximum absolute atomic E-state index is 13.1. The van der Waals surface area contributed by atoms with E-state index in [2.05, 4.69) is 10.2 Å². The van der Waals surface area contributed by atoms with Gasteiger partial charge < -0.3 is 19.3 Å². The van der Waals surface area contributed by atoms with Crippen LogP contribution in [0.5, 0.6) is 17.4 Å². The average molecular weight is 404 g/mol. The first-order valence-corrected chi connectivity index (χ1v) is 9.89. The highest BCUT2D eigenvalue weighted by molar-refractivity contribution is 5.97. The Morgan fingerprint density at radius 3 is 2.50 bits per heavy atom. The van der Waals surface area contributed by atoms with Crippen LogP contribution in [-0.2, 0) is 0 Å². The SMILES string of the molecule is CN(C)c1ccc(OC2CCN(C(=O)c3ccccc3Oc3ccccc3)C2)nn1. The van der Waals surface area contributed by atoms with Crippen molar-refractivity contribution in [2.24, 2.45) is 0 Å². The maximum atomic E-state index is 13.1. The summed E-state index contributed by atoms with van der Waals surface area (Å²) in [6, 6.07) is 20.4. The molecule has 1 aliphatic rings. The van der Waals surface area contributed by atoms with Crippen LogP contribution in [0.15, 0.2) is 66.7 Å². The molecule has 154 valence electrons. The van der Waals surface area contributed by atoms with Crippen LogP contribution >= 0.6 is 0 Å². The number of rotatable bonds is 6. The van der Waals surface area contributed by atoms with Crippen molar-refractivity contribution in [3.05, 3.63) is 72.3 Å². The van der Waals surface area contributed by atoms with Gasteiger partial charge in [0.15, 0.2) is 5.82 Å². The van der Waals surface area contributed by atoms with Gasteiger partial charge in [0.2, 0.25) is 5.88 Å². The van der Waals surface area contributed by atoms with Gasteiger partial charge in [0.1, 0.15) is 17.6 Å². The van der Waals surface area contributed by atoms with E-state index < -0.39 is 0 Å². The minimum atomic E-state index is -0.115. The number of aromatic nitrogens is 2. The zero-order valence-electron chi connectivity index (χ0n) is 17.1. The van der Waals surface area contributed by atoms with Crippen molar-refractivity contribution in [1.82, 2.24) is 15.1 Å². The standard InChI is InChI=1S/C23H24N4O3/c1-26(2)21-12-13-22(25-24-21)30-18-14-15-27(16-18)23(28)19-10-6-7-11-20(19)29-17-8-4-3-5-9-17/h3-13,18H,14-16H2,1-2H3. The molecule has 1 atom stereocenters. The Labute approximate surface area is 175 Å². The molecule has 3 aromatic rings. The fourth-order valence-corrected chi connectivity index (χ4v) is 3.31. The van der Waals surface area contributed by atoms with E-state index in [1.165, 1.54) is 0 Å². The second-order valence-electron chi connectivity index (χ2n) is 7.32. The molecule has 1 aliphatic heterocycles. The largest absolute Gasteiger partial charge is 0.471 e. The number of hydrogen-bond acceptors (Lipinski definition) is 6. The molecule has 0 saturated carbocycles. The molecule has 4 rings (SSSR count). The molecule has 1 unspecified atom stereocenters. The fraction of sp³-hybridized carbons (Fsp3) is 0.261. The van der Waals surface area contributed by atoms with Crippen LogP contribution in [-0.4, -0.2) is 54.3 Å². The van der Waals surface area contributed by atoms with Crippen molar-refractivity contribution in [3.8, 4) is 17.4 Å². The van der Waals surface area contributed by atoms with Crippen molar-refractivity contribution in [2.45, 2.75) is 12.5 Å². The lowest BCUT2D eigenvalue weighted by atomic mass is 10.1. The zero-order valence-corrected chi connectivity index (χ0v) is 17.1. The molecule has 1 saturated heterocycles. The molecule has 30 heavy (non-hydrogen) atoms. The van der Waals surface area contributed by atoms with Gasteiger partial charge in [-0.1, -0.05) is 30.3 Å². The first-order chi connectivity index (χ1) is 14.6. The van der Waals surface area contributed by atoms with E-state index in [4.69, 9.17) is 9.47 Å². The van der Waals surface area contributed by atoms with Crippen molar-refractivity contribution in [3.63, 3.8) is 0 Å². The third-order valence-corrected chi connectivity index (χ3v) is 4.89. The average Bonchev–Trinajstić information content (AvgIpc) is 3.23. The topological polar surface area (TPSA) is 67.8 Å². The van der Waals surface area contributed by atoms with E-state index in [1.54, 1.807) is 17.0 Å². The van der Waals surface area contributed by atoms with Gasteiger partial charge in [-0.15, -0.1) is 10.2 Å². The molecule has 7 nitrogen and oxygen atoms in total. The van der Waals surface area contributed by atoms with Crippen LogP contribution in [0, 0.1) is 0 Å². The van der Waals surface area contributed by atoms with Crippen LogP contribution in [0.3, 0.4) is 0 Å². The lowest BCUT2D eigenvalue weighted by Crippen LogP contribution is -2.31. The molecule has 0 N–H and O–H groups in total. The second kappa shape index (κ2) is 8.82. The quantitative estimate of drug-likeness (QED) is 0.625. The Kier molecular flexibility index (Phi) is 5.79. The van der Waals surface area contributed by atoms with Crippen LogP contribution < -0.4 is 14.4 Å². The van der Waals surface area contributed by atoms with E-state index in [0.29, 0.717) is 36.0 Å². The first-order valence-electron chi connectivity index (χ1n) is 9.89. The number of benzene rings is 2. The molecular weight excluding hydrogens is 380 g/mol. The number of ether oxygens (including phenoxy) is 2. The number of likely N-dealkylation sites (tertiary alicyclic amines) is 1. The number of anilines is 1. The van der Waals surface area contributed by atoms with Gasteiger partial charge in [0.25, 0.3) is 5.91 Å². The summed E-state index contributed by atoms with van der Waals surface area (Å²) in [5, 5.41) is 8.24. The molecule has 2 heterocycles. The highest BCUT2D eigenvalue weighted by atomic mass is 16.5. The number of carbonyl (C=O) groups excluding carboxylic acids is 1. The molecule has 1 fully saturated rings. The number of para-hydroxylation sites is 2. The Balaban J connectivity index is 1.41. The van der Waals surface area contributed by atoms with Crippen LogP contribution in [0.1, 0.15) is 16.8 Å². The number of nitrogens with zero attached hydrogens (tertiary/aromatic N) is 4. The summed E-state index contributed by atoms with van der Waals surface area (Å²) in [6.07, 6.45) is 0.626. The molecule has 0 aliphatic carbocycles. The third kappa shape index (κ3) is 4.51. The number of hydrogen-bond donors (Lipinski definition) is 0. The van der Waals surface area contributed by atoms with Crippen LogP contribution in [0.4, 0.5) is 5.82 Å². The van der Waals surface area contributed by atoms with Crippen molar-refractivity contribution >= 4 is 11.7 Å². The normalized spacial score (nSPS) is 15.7. The third-order valence-electron chi connectivity index (χ3n) is 4.89. The first kappa shape index (κ1) is 19.7. The minimum Gasteiger partial charge on any atom is -0.471 e. The van der Waals surface area contributed by atoms with Gasteiger partial charge in [0, 0.05) is 33.1 Å². The highest BCUT2D eigenvalue weighted by Crippen LogP contribution is 2.27. The van der Waals surface area contributed by atoms with Crippen LogP contribution in [0.2, 0.25) is 0 Å². The van der Waals surface area contributed by atoms with E-state index in [9.17, 15) is 4.79 Å². The minimum absolute atomic E-state index is 0.0679. The summed E-state index contributed by atoms with van der Waals surface area (Å²) in [6.45, 7) is 1.11. The molecule has 7 heteroatoms. The van der Waals surface area contributed by atoms with E-state index in [-0.39, 0.29) is 12.0 Å². The fourth-order valence-electron chi connectivity index (χ4n) is 3.31. The van der Waals surface area contributed by atoms with Gasteiger partial charge in [-0.05, 0) is 30.3 Å². The molecule has 1 amide bonds. The molecule has 2 aromatic carbocycles. The summed E-state index contributed by atoms with van der Waals surface area (Å²) in [4.78, 5) is 16.8. The molecule has 0 radical (unpaired) electrons. The predicted molar refractivity (Wildman–Crippen MR) is 114 cm³/mol. The summed E-state index contributed by atoms with van der Waals surface area (Å²) >= 11 is 0. The smallest absolute Gasteiger partial charge is 0.257 e. The van der Waals surface area contributed by atoms with E-state index in [0.717, 1.165) is 12.2 Å². The lowest BCUT2D eigenvalue weighted by Gasteiger charge is -2.19. The Bertz CT molecular complexity index is 993. The predicted octanol–water partition coefficient (Wildman–Crippen LogP) is 3.63. The van der Waals surface area contributed by atoms with Crippen molar-refractivity contribution in [2.75, 3.05) is 32.1 Å². The van der Waals surface area contributed by atoms with E-state index in [1.807, 2.05) is 73.6 Å². The summed E-state index contributed by atoms with van der Waals surface area (Å²) < 4.78 is 11.9. The van der Waals surface area contributed by atoms with Gasteiger partial charge in [0.05, 0.1) is 12.1 Å². The van der Waals surface area contributed by atoms with E-state index >= 15 is 0 Å². The summed E-state index contributed by atoms with van der Waals surface area (Å²) in [7, 11) is 3.81. The Hall–Kier alpha value is -3.61. The van der Waals surface area contributed by atoms with Gasteiger partial charge in [-0.25, -0.2) is 0 Å². The lowest BCUT2D eigenvalue weighted by molar-refractivity contribution is 0.0768. The number of carbonyl (C=O) groups is 1. The Morgan fingerprint density at radius 2 is 1.77 bits per heavy atom. The van der Waals surface area contributed by atoms with Crippen molar-refractivity contribution < 1.29 is 14.3 Å². The molecule has 0 bridgehead atoms. The zero-order chi connectivity index (χ0) is 20.9. The Morgan fingerprint density at radius 1 is 1.00 bits per heavy atom. The van der Waals surface area contributed by atoms with Gasteiger partial charge in [-0.3, -0.25) is 4.79 Å². The van der Waals surface area contributed by atoms with Gasteiger partial charge in [-0.2, -0.15) is 0 Å². The summed E-state index contributed by atoms with van der Waals surface area (Å²) in [5.74, 6) is 2.40. The highest BCUT2D eigenvalue weighted by Gasteiger charge is 2.30. The van der Waals surface area contributed by atoms with Crippen molar-refractivity contribution in [1.29, 1.82) is 0 Å². The second-order valence-corrected chi connectivity index (χ2v) is 7.32. The number of amides is 1. The molecule has 1 aromatic heterocycles. The van der Waals surface area contributed by atoms with Crippen LogP contribution in [0.25, 0.3) is 0 Å². The van der Waals surface area contributed by atoms with Gasteiger partial charge >= 0.3 is 0 Å². The summed E-state index contributed by atoms with van der Waals surface area (Å²) in [5.41, 5.74) is 0.539. The molecular formula is C23H24N4O3. The molecule has 0 spiro atoms. The maximum Gasteiger partial charge on any atom is 0.257 e.